The van der Waals surface area contributed by atoms with Crippen molar-refractivity contribution in [3.05, 3.63) is 32.7 Å². The molecule has 1 heterocycles. The molecule has 0 spiro atoms. The Labute approximate surface area is 125 Å². The molecule has 104 valence electrons. The van der Waals surface area contributed by atoms with Gasteiger partial charge in [0.15, 0.2) is 0 Å². The van der Waals surface area contributed by atoms with Crippen molar-refractivity contribution in [3.63, 3.8) is 0 Å². The van der Waals surface area contributed by atoms with Crippen LogP contribution in [0.25, 0.3) is 0 Å². The van der Waals surface area contributed by atoms with E-state index in [0.29, 0.717) is 10.1 Å². The highest BCUT2D eigenvalue weighted by atomic mass is 79.9. The first kappa shape index (κ1) is 14.8. The van der Waals surface area contributed by atoms with Gasteiger partial charge in [0.05, 0.1) is 10.7 Å². The van der Waals surface area contributed by atoms with Gasteiger partial charge in [0.2, 0.25) is 0 Å². The summed E-state index contributed by atoms with van der Waals surface area (Å²) in [7, 11) is 0. The van der Waals surface area contributed by atoms with Gasteiger partial charge >= 0.3 is 0 Å². The number of allylic oxidation sites excluding steroid dienone is 5. The Morgan fingerprint density at radius 2 is 2.26 bits per heavy atom. The van der Waals surface area contributed by atoms with Crippen LogP contribution in [0.5, 0.6) is 0 Å². The van der Waals surface area contributed by atoms with Crippen molar-refractivity contribution in [2.24, 2.45) is 0 Å². The van der Waals surface area contributed by atoms with Crippen molar-refractivity contribution in [1.29, 1.82) is 5.41 Å². The normalized spacial score (nSPS) is 27.3. The zero-order valence-electron chi connectivity index (χ0n) is 10.5. The van der Waals surface area contributed by atoms with E-state index in [9.17, 15) is 4.39 Å². The highest BCUT2D eigenvalue weighted by Gasteiger charge is 2.25. The molecule has 1 atom stereocenters. The molecule has 1 aliphatic heterocycles. The van der Waals surface area contributed by atoms with Crippen molar-refractivity contribution in [3.8, 4) is 0 Å². The lowest BCUT2D eigenvalue weighted by atomic mass is 9.98. The SMILES string of the molecule is CC1=C(F)C(Cl)=C(Br)/C(=C/NC2CCCCO2)C1=N. The number of nitrogens with one attached hydrogen (secondary N) is 2. The average Bonchev–Trinajstić information content (AvgIpc) is 2.44. The topological polar surface area (TPSA) is 45.1 Å². The molecule has 0 radical (unpaired) electrons. The Morgan fingerprint density at radius 1 is 1.53 bits per heavy atom. The summed E-state index contributed by atoms with van der Waals surface area (Å²) in [5, 5.41) is 11.1. The molecule has 2 rings (SSSR count). The van der Waals surface area contributed by atoms with Crippen LogP contribution < -0.4 is 5.32 Å². The van der Waals surface area contributed by atoms with Gasteiger partial charge in [0.1, 0.15) is 12.1 Å². The number of hydrogen-bond acceptors (Lipinski definition) is 3. The van der Waals surface area contributed by atoms with Gasteiger partial charge in [0.25, 0.3) is 0 Å². The third kappa shape index (κ3) is 3.09. The predicted molar refractivity (Wildman–Crippen MR) is 78.2 cm³/mol. The summed E-state index contributed by atoms with van der Waals surface area (Å²) >= 11 is 9.13. The van der Waals surface area contributed by atoms with Gasteiger partial charge in [-0.15, -0.1) is 0 Å². The number of ether oxygens (including phenoxy) is 1. The molecule has 0 aromatic rings. The molecular formula is C13H15BrClFN2O. The maximum atomic E-state index is 13.7. The van der Waals surface area contributed by atoms with Crippen LogP contribution in [0.15, 0.2) is 32.7 Å². The molecular weight excluding hydrogens is 335 g/mol. The molecule has 0 aromatic heterocycles. The Kier molecular flexibility index (Phi) is 4.81. The second-order valence-electron chi connectivity index (χ2n) is 4.52. The number of rotatable bonds is 2. The number of halogens is 3. The van der Waals surface area contributed by atoms with Crippen molar-refractivity contribution in [2.75, 3.05) is 6.61 Å². The standard InChI is InChI=1S/C13H15BrClFN2O/c1-7-12(16)11(15)10(14)8(13(7)17)6-18-9-4-2-3-5-19-9/h6,9,17-18H,2-5H2,1H3/b8-6-,17-13?. The minimum absolute atomic E-state index is 0.00566. The van der Waals surface area contributed by atoms with Gasteiger partial charge < -0.3 is 10.1 Å². The van der Waals surface area contributed by atoms with Crippen molar-refractivity contribution < 1.29 is 9.13 Å². The molecule has 2 N–H and O–H groups in total. The molecule has 1 saturated heterocycles. The van der Waals surface area contributed by atoms with Crippen LogP contribution >= 0.6 is 27.5 Å². The van der Waals surface area contributed by atoms with Crippen molar-refractivity contribution in [2.45, 2.75) is 32.4 Å². The molecule has 19 heavy (non-hydrogen) atoms. The summed E-state index contributed by atoms with van der Waals surface area (Å²) in [6.07, 6.45) is 4.73. The van der Waals surface area contributed by atoms with Gasteiger partial charge in [-0.25, -0.2) is 4.39 Å². The zero-order chi connectivity index (χ0) is 14.0. The van der Waals surface area contributed by atoms with E-state index in [1.807, 2.05) is 0 Å². The molecule has 0 saturated carbocycles. The maximum Gasteiger partial charge on any atom is 0.148 e. The van der Waals surface area contributed by atoms with Crippen LogP contribution in [0.2, 0.25) is 0 Å². The lowest BCUT2D eigenvalue weighted by Gasteiger charge is -2.24. The van der Waals surface area contributed by atoms with E-state index in [1.54, 1.807) is 13.1 Å². The second kappa shape index (κ2) is 6.20. The van der Waals surface area contributed by atoms with Crippen LogP contribution in [0.1, 0.15) is 26.2 Å². The van der Waals surface area contributed by atoms with Crippen LogP contribution in [-0.2, 0) is 4.74 Å². The van der Waals surface area contributed by atoms with Gasteiger partial charge in [-0.1, -0.05) is 11.6 Å². The van der Waals surface area contributed by atoms with E-state index in [1.165, 1.54) is 0 Å². The zero-order valence-corrected chi connectivity index (χ0v) is 12.9. The van der Waals surface area contributed by atoms with Crippen LogP contribution in [0, 0.1) is 5.41 Å². The van der Waals surface area contributed by atoms with E-state index in [-0.39, 0.29) is 22.5 Å². The molecule has 2 aliphatic rings. The van der Waals surface area contributed by atoms with Crippen LogP contribution in [0.4, 0.5) is 4.39 Å². The molecule has 1 aliphatic carbocycles. The van der Waals surface area contributed by atoms with E-state index in [2.05, 4.69) is 21.2 Å². The Bertz CT molecular complexity index is 493. The monoisotopic (exact) mass is 348 g/mol. The molecule has 3 nitrogen and oxygen atoms in total. The second-order valence-corrected chi connectivity index (χ2v) is 5.69. The lowest BCUT2D eigenvalue weighted by molar-refractivity contribution is 0.00331. The highest BCUT2D eigenvalue weighted by Crippen LogP contribution is 2.37. The molecule has 1 fully saturated rings. The molecule has 0 aromatic carbocycles. The Morgan fingerprint density at radius 3 is 2.89 bits per heavy atom. The smallest absolute Gasteiger partial charge is 0.148 e. The van der Waals surface area contributed by atoms with Gasteiger partial charge in [0, 0.05) is 28.4 Å². The summed E-state index contributed by atoms with van der Waals surface area (Å²) < 4.78 is 19.6. The fourth-order valence-corrected chi connectivity index (χ4v) is 2.71. The quantitative estimate of drug-likeness (QED) is 0.788. The third-order valence-corrected chi connectivity index (χ3v) is 4.60. The molecule has 1 unspecified atom stereocenters. The summed E-state index contributed by atoms with van der Waals surface area (Å²) in [6.45, 7) is 2.29. The lowest BCUT2D eigenvalue weighted by Crippen LogP contribution is -2.32. The van der Waals surface area contributed by atoms with Crippen molar-refractivity contribution >= 4 is 33.2 Å². The first-order valence-corrected chi connectivity index (χ1v) is 7.29. The third-order valence-electron chi connectivity index (χ3n) is 3.19. The van der Waals surface area contributed by atoms with Gasteiger partial charge in [-0.2, -0.15) is 0 Å². The summed E-state index contributed by atoms with van der Waals surface area (Å²) in [4.78, 5) is 0. The predicted octanol–water partition coefficient (Wildman–Crippen LogP) is 4.11. The Balaban J connectivity index is 2.17. The molecule has 0 bridgehead atoms. The summed E-state index contributed by atoms with van der Waals surface area (Å²) in [5.41, 5.74) is 0.904. The highest BCUT2D eigenvalue weighted by molar-refractivity contribution is 9.12. The van der Waals surface area contributed by atoms with E-state index < -0.39 is 5.83 Å². The van der Waals surface area contributed by atoms with Gasteiger partial charge in [-0.3, -0.25) is 5.41 Å². The van der Waals surface area contributed by atoms with Crippen molar-refractivity contribution in [1.82, 2.24) is 5.32 Å². The van der Waals surface area contributed by atoms with Crippen LogP contribution in [0.3, 0.4) is 0 Å². The van der Waals surface area contributed by atoms with E-state index in [4.69, 9.17) is 21.7 Å². The number of hydrogen-bond donors (Lipinski definition) is 2. The van der Waals surface area contributed by atoms with E-state index >= 15 is 0 Å². The fourth-order valence-electron chi connectivity index (χ4n) is 1.98. The minimum Gasteiger partial charge on any atom is -0.366 e. The molecule has 0 amide bonds. The minimum atomic E-state index is -0.551. The first-order valence-electron chi connectivity index (χ1n) is 6.12. The first-order chi connectivity index (χ1) is 9.02. The molecule has 6 heteroatoms. The van der Waals surface area contributed by atoms with Crippen LogP contribution in [-0.4, -0.2) is 18.5 Å². The summed E-state index contributed by atoms with van der Waals surface area (Å²) in [6, 6.07) is 0. The summed E-state index contributed by atoms with van der Waals surface area (Å²) in [5.74, 6) is -0.551. The van der Waals surface area contributed by atoms with E-state index in [0.717, 1.165) is 25.9 Å². The van der Waals surface area contributed by atoms with Gasteiger partial charge in [-0.05, 0) is 42.1 Å². The maximum absolute atomic E-state index is 13.7. The average molecular weight is 350 g/mol. The fraction of sp³-hybridized carbons (Fsp3) is 0.462. The Hall–Kier alpha value is -0.650. The largest absolute Gasteiger partial charge is 0.366 e.